The van der Waals surface area contributed by atoms with Crippen LogP contribution < -0.4 is 5.32 Å². The summed E-state index contributed by atoms with van der Waals surface area (Å²) < 4.78 is 5.52. The number of carbonyl (C=O) groups excluding carboxylic acids is 1. The molecule has 0 aromatic rings. The first-order valence-corrected chi connectivity index (χ1v) is 9.16. The van der Waals surface area contributed by atoms with Crippen LogP contribution >= 0.6 is 0 Å². The number of carbonyl (C=O) groups is 1. The van der Waals surface area contributed by atoms with Gasteiger partial charge in [0.05, 0.1) is 0 Å². The summed E-state index contributed by atoms with van der Waals surface area (Å²) in [5.74, 6) is 3.96. The highest BCUT2D eigenvalue weighted by molar-refractivity contribution is 5.68. The Balaban J connectivity index is 1.30. The molecule has 1 saturated heterocycles. The summed E-state index contributed by atoms with van der Waals surface area (Å²) in [6.07, 6.45) is 6.59. The minimum absolute atomic E-state index is 0.143. The van der Waals surface area contributed by atoms with Crippen molar-refractivity contribution in [1.29, 1.82) is 0 Å². The smallest absolute Gasteiger partial charge is 0.410 e. The summed E-state index contributed by atoms with van der Waals surface area (Å²) >= 11 is 0. The summed E-state index contributed by atoms with van der Waals surface area (Å²) in [5.41, 5.74) is -0.399. The number of hydrogen-bond acceptors (Lipinski definition) is 3. The van der Waals surface area contributed by atoms with Crippen LogP contribution in [0.15, 0.2) is 0 Å². The molecular formula is C18H30N2O2. The molecule has 1 N–H and O–H groups in total. The highest BCUT2D eigenvalue weighted by Gasteiger charge is 2.65. The fraction of sp³-hybridized carbons (Fsp3) is 0.944. The fourth-order valence-electron chi connectivity index (χ4n) is 5.43. The van der Waals surface area contributed by atoms with Gasteiger partial charge in [-0.3, -0.25) is 0 Å². The van der Waals surface area contributed by atoms with E-state index in [0.29, 0.717) is 6.04 Å². The van der Waals surface area contributed by atoms with Crippen LogP contribution in [0.25, 0.3) is 0 Å². The molecule has 1 heterocycles. The van der Waals surface area contributed by atoms with E-state index < -0.39 is 5.60 Å². The lowest BCUT2D eigenvalue weighted by molar-refractivity contribution is 0.0185. The average Bonchev–Trinajstić information content (AvgIpc) is 2.82. The van der Waals surface area contributed by atoms with Gasteiger partial charge in [0.25, 0.3) is 0 Å². The van der Waals surface area contributed by atoms with Crippen LogP contribution in [-0.2, 0) is 4.74 Å². The summed E-state index contributed by atoms with van der Waals surface area (Å²) in [6, 6.07) is 1.23. The molecule has 5 unspecified atom stereocenters. The zero-order chi connectivity index (χ0) is 15.5. The minimum Gasteiger partial charge on any atom is -0.444 e. The zero-order valence-corrected chi connectivity index (χ0v) is 14.2. The molecule has 0 aromatic carbocycles. The van der Waals surface area contributed by atoms with E-state index in [-0.39, 0.29) is 6.09 Å². The Morgan fingerprint density at radius 3 is 2.45 bits per heavy atom. The molecule has 5 atom stereocenters. The van der Waals surface area contributed by atoms with E-state index in [2.05, 4.69) is 5.32 Å². The maximum absolute atomic E-state index is 12.2. The number of nitrogens with zero attached hydrogens (tertiary/aromatic N) is 1. The molecule has 1 aliphatic heterocycles. The summed E-state index contributed by atoms with van der Waals surface area (Å²) in [6.45, 7) is 7.47. The molecule has 0 spiro atoms. The van der Waals surface area contributed by atoms with Crippen LogP contribution in [0.1, 0.15) is 52.9 Å². The van der Waals surface area contributed by atoms with E-state index in [9.17, 15) is 4.79 Å². The Morgan fingerprint density at radius 2 is 1.82 bits per heavy atom. The predicted molar refractivity (Wildman–Crippen MR) is 85.6 cm³/mol. The first kappa shape index (κ1) is 14.8. The van der Waals surface area contributed by atoms with Crippen LogP contribution in [0.4, 0.5) is 4.79 Å². The Hall–Kier alpha value is -0.770. The van der Waals surface area contributed by atoms with E-state index in [4.69, 9.17) is 4.74 Å². The number of hydrogen-bond donors (Lipinski definition) is 1. The zero-order valence-electron chi connectivity index (χ0n) is 14.2. The average molecular weight is 306 g/mol. The lowest BCUT2D eigenvalue weighted by atomic mass is 10.0. The molecule has 1 amide bonds. The molecule has 4 nitrogen and oxygen atoms in total. The van der Waals surface area contributed by atoms with Crippen LogP contribution in [0.5, 0.6) is 0 Å². The van der Waals surface area contributed by atoms with Crippen molar-refractivity contribution in [2.75, 3.05) is 13.1 Å². The number of ether oxygens (including phenoxy) is 1. The van der Waals surface area contributed by atoms with Crippen molar-refractivity contribution in [2.24, 2.45) is 23.7 Å². The van der Waals surface area contributed by atoms with Crippen molar-refractivity contribution < 1.29 is 9.53 Å². The van der Waals surface area contributed by atoms with Gasteiger partial charge in [-0.1, -0.05) is 0 Å². The quantitative estimate of drug-likeness (QED) is 0.852. The van der Waals surface area contributed by atoms with Gasteiger partial charge >= 0.3 is 6.09 Å². The molecule has 4 fully saturated rings. The Labute approximate surface area is 134 Å². The van der Waals surface area contributed by atoms with Gasteiger partial charge in [0.15, 0.2) is 0 Å². The SMILES string of the molecule is CC(C)(C)OC(=O)N1CCCC(NC2C3C4CCC(C4)C23)C1. The van der Waals surface area contributed by atoms with Crippen molar-refractivity contribution in [3.63, 3.8) is 0 Å². The number of fused-ring (bicyclic) bond motifs is 5. The standard InChI is InChI=1S/C18H30N2O2/c1-18(2,3)22-17(21)20-8-4-5-13(10-20)19-16-14-11-6-7-12(9-11)15(14)16/h11-16,19H,4-10H2,1-3H3. The highest BCUT2D eigenvalue weighted by atomic mass is 16.6. The number of nitrogens with one attached hydrogen (secondary N) is 1. The third-order valence-corrected chi connectivity index (χ3v) is 6.24. The van der Waals surface area contributed by atoms with Crippen molar-refractivity contribution in [1.82, 2.24) is 10.2 Å². The van der Waals surface area contributed by atoms with E-state index in [1.807, 2.05) is 25.7 Å². The van der Waals surface area contributed by atoms with Gasteiger partial charge in [-0.05, 0) is 76.5 Å². The first-order valence-electron chi connectivity index (χ1n) is 9.16. The van der Waals surface area contributed by atoms with E-state index in [1.165, 1.54) is 25.7 Å². The molecule has 4 rings (SSSR count). The maximum Gasteiger partial charge on any atom is 0.410 e. The fourth-order valence-corrected chi connectivity index (χ4v) is 5.43. The largest absolute Gasteiger partial charge is 0.444 e. The highest BCUT2D eigenvalue weighted by Crippen LogP contribution is 2.65. The summed E-state index contributed by atoms with van der Waals surface area (Å²) in [7, 11) is 0. The van der Waals surface area contributed by atoms with Gasteiger partial charge in [-0.25, -0.2) is 4.79 Å². The van der Waals surface area contributed by atoms with Crippen LogP contribution in [-0.4, -0.2) is 41.8 Å². The Bertz CT molecular complexity index is 442. The predicted octanol–water partition coefficient (Wildman–Crippen LogP) is 3.02. The molecule has 4 aliphatic rings. The second kappa shape index (κ2) is 5.12. The van der Waals surface area contributed by atoms with Crippen LogP contribution in [0.3, 0.4) is 0 Å². The van der Waals surface area contributed by atoms with Crippen LogP contribution in [0.2, 0.25) is 0 Å². The second-order valence-electron chi connectivity index (χ2n) is 8.95. The summed E-state index contributed by atoms with van der Waals surface area (Å²) in [4.78, 5) is 14.1. The van der Waals surface area contributed by atoms with Crippen molar-refractivity contribution >= 4 is 6.09 Å². The molecule has 2 bridgehead atoms. The topological polar surface area (TPSA) is 41.6 Å². The third-order valence-electron chi connectivity index (χ3n) is 6.24. The Morgan fingerprint density at radius 1 is 1.14 bits per heavy atom. The minimum atomic E-state index is -0.399. The third kappa shape index (κ3) is 2.64. The lowest BCUT2D eigenvalue weighted by Crippen LogP contribution is -2.50. The van der Waals surface area contributed by atoms with Crippen molar-refractivity contribution in [2.45, 2.75) is 70.6 Å². The molecular weight excluding hydrogens is 276 g/mol. The van der Waals surface area contributed by atoms with Gasteiger partial charge < -0.3 is 15.0 Å². The van der Waals surface area contributed by atoms with Gasteiger partial charge in [0.1, 0.15) is 5.60 Å². The van der Waals surface area contributed by atoms with Crippen molar-refractivity contribution in [3.8, 4) is 0 Å². The molecule has 0 radical (unpaired) electrons. The molecule has 4 heteroatoms. The van der Waals surface area contributed by atoms with E-state index in [0.717, 1.165) is 49.2 Å². The molecule has 3 aliphatic carbocycles. The molecule has 124 valence electrons. The second-order valence-corrected chi connectivity index (χ2v) is 8.95. The molecule has 0 aromatic heterocycles. The number of amides is 1. The van der Waals surface area contributed by atoms with Gasteiger partial charge in [-0.15, -0.1) is 0 Å². The van der Waals surface area contributed by atoms with Crippen LogP contribution in [0, 0.1) is 23.7 Å². The van der Waals surface area contributed by atoms with Crippen molar-refractivity contribution in [3.05, 3.63) is 0 Å². The van der Waals surface area contributed by atoms with E-state index in [1.54, 1.807) is 0 Å². The van der Waals surface area contributed by atoms with Gasteiger partial charge in [0, 0.05) is 25.2 Å². The van der Waals surface area contributed by atoms with Gasteiger partial charge in [0.2, 0.25) is 0 Å². The lowest BCUT2D eigenvalue weighted by Gasteiger charge is -2.35. The number of rotatable bonds is 2. The number of likely N-dealkylation sites (tertiary alicyclic amines) is 1. The Kier molecular flexibility index (Phi) is 3.44. The first-order chi connectivity index (χ1) is 10.4. The van der Waals surface area contributed by atoms with E-state index >= 15 is 0 Å². The molecule has 3 saturated carbocycles. The maximum atomic E-state index is 12.2. The monoisotopic (exact) mass is 306 g/mol. The normalized spacial score (nSPS) is 43.1. The molecule has 22 heavy (non-hydrogen) atoms. The summed E-state index contributed by atoms with van der Waals surface area (Å²) in [5, 5.41) is 3.89. The number of piperidine rings is 1. The van der Waals surface area contributed by atoms with Gasteiger partial charge in [-0.2, -0.15) is 0 Å².